The first kappa shape index (κ1) is 30.1. The molecule has 3 rings (SSSR count). The van der Waals surface area contributed by atoms with Gasteiger partial charge in [0.15, 0.2) is 0 Å². The number of rotatable bonds is 13. The van der Waals surface area contributed by atoms with E-state index in [1.54, 1.807) is 12.3 Å². The van der Waals surface area contributed by atoms with Crippen LogP contribution in [0.5, 0.6) is 0 Å². The molecule has 1 nitrogen and oxygen atoms in total. The summed E-state index contributed by atoms with van der Waals surface area (Å²) in [5, 5.41) is 2.46. The minimum Gasteiger partial charge on any atom is -0.265 e. The molecule has 3 aromatic carbocycles. The molecule has 3 aromatic rings. The molecule has 0 saturated carbocycles. The lowest BCUT2D eigenvalue weighted by molar-refractivity contribution is 0.990. The Bertz CT molecular complexity index is 1510. The summed E-state index contributed by atoms with van der Waals surface area (Å²) >= 11 is 0. The van der Waals surface area contributed by atoms with Crippen molar-refractivity contribution in [3.05, 3.63) is 174 Å². The largest absolute Gasteiger partial charge is 0.265 e. The number of hydrogen-bond donors (Lipinski definition) is 0. The molecule has 0 aliphatic heterocycles. The van der Waals surface area contributed by atoms with Gasteiger partial charge in [-0.25, -0.2) is 0 Å². The second kappa shape index (κ2) is 15.8. The van der Waals surface area contributed by atoms with Crippen LogP contribution in [0.1, 0.15) is 43.9 Å². The van der Waals surface area contributed by atoms with E-state index in [0.29, 0.717) is 0 Å². The van der Waals surface area contributed by atoms with Crippen LogP contribution in [0.3, 0.4) is 0 Å². The topological polar surface area (TPSA) is 12.4 Å². The van der Waals surface area contributed by atoms with Gasteiger partial charge >= 0.3 is 0 Å². The Balaban J connectivity index is 2.14. The van der Waals surface area contributed by atoms with Gasteiger partial charge in [0.2, 0.25) is 0 Å². The van der Waals surface area contributed by atoms with Gasteiger partial charge in [-0.1, -0.05) is 141 Å². The zero-order chi connectivity index (χ0) is 28.7. The number of aliphatic imine (C=N–C) groups is 1. The normalized spacial score (nSPS) is 13.4. The third-order valence-electron chi connectivity index (χ3n) is 6.75. The van der Waals surface area contributed by atoms with Crippen LogP contribution in [0.2, 0.25) is 0 Å². The molecule has 0 aliphatic rings. The molecule has 0 amide bonds. The molecular weight excluding hydrogens is 482 g/mol. The van der Waals surface area contributed by atoms with Gasteiger partial charge in [0, 0.05) is 12.4 Å². The Hall–Kier alpha value is -4.49. The molecule has 40 heavy (non-hydrogen) atoms. The van der Waals surface area contributed by atoms with Crippen molar-refractivity contribution in [2.75, 3.05) is 0 Å². The summed E-state index contributed by atoms with van der Waals surface area (Å²) in [7, 11) is 0. The molecule has 0 bridgehead atoms. The lowest BCUT2D eigenvalue weighted by atomic mass is 9.84. The van der Waals surface area contributed by atoms with Crippen LogP contribution in [-0.4, -0.2) is 6.21 Å². The van der Waals surface area contributed by atoms with E-state index in [2.05, 4.69) is 137 Å². The summed E-state index contributed by atoms with van der Waals surface area (Å²) in [5.74, 6) is 0. The highest BCUT2D eigenvalue weighted by atomic mass is 14.6. The summed E-state index contributed by atoms with van der Waals surface area (Å²) in [6.45, 7) is 18.4. The first-order chi connectivity index (χ1) is 19.5. The van der Waals surface area contributed by atoms with Crippen molar-refractivity contribution in [3.63, 3.8) is 0 Å². The van der Waals surface area contributed by atoms with Crippen LogP contribution in [0, 0.1) is 0 Å². The van der Waals surface area contributed by atoms with E-state index in [0.717, 1.165) is 30.4 Å². The molecule has 0 unspecified atom stereocenters. The molecule has 0 spiro atoms. The van der Waals surface area contributed by atoms with E-state index in [9.17, 15) is 0 Å². The highest BCUT2D eigenvalue weighted by Crippen LogP contribution is 2.36. The summed E-state index contributed by atoms with van der Waals surface area (Å²) in [5.41, 5.74) is 9.73. The van der Waals surface area contributed by atoms with Gasteiger partial charge in [-0.15, -0.1) is 0 Å². The van der Waals surface area contributed by atoms with Crippen molar-refractivity contribution in [1.29, 1.82) is 0 Å². The van der Waals surface area contributed by atoms with Gasteiger partial charge in [0.05, 0.1) is 0 Å². The average Bonchev–Trinajstić information content (AvgIpc) is 2.97. The molecule has 0 fully saturated rings. The molecule has 0 heterocycles. The Morgan fingerprint density at radius 1 is 0.850 bits per heavy atom. The van der Waals surface area contributed by atoms with Gasteiger partial charge in [-0.2, -0.15) is 0 Å². The predicted octanol–water partition coefficient (Wildman–Crippen LogP) is 10.8. The fourth-order valence-corrected chi connectivity index (χ4v) is 4.76. The average molecular weight is 524 g/mol. The summed E-state index contributed by atoms with van der Waals surface area (Å²) < 4.78 is 0. The maximum absolute atomic E-state index is 4.37. The molecule has 0 N–H and O–H groups in total. The third kappa shape index (κ3) is 8.25. The van der Waals surface area contributed by atoms with Gasteiger partial charge in [-0.05, 0) is 83.4 Å². The summed E-state index contributed by atoms with van der Waals surface area (Å²) in [6, 6.07) is 24.2. The molecule has 0 aliphatic carbocycles. The third-order valence-corrected chi connectivity index (χ3v) is 6.75. The Morgan fingerprint density at radius 3 is 2.23 bits per heavy atom. The highest BCUT2D eigenvalue weighted by Gasteiger charge is 2.16. The predicted molar refractivity (Wildman–Crippen MR) is 179 cm³/mol. The van der Waals surface area contributed by atoms with E-state index in [1.807, 2.05) is 18.4 Å². The van der Waals surface area contributed by atoms with Crippen LogP contribution in [0.4, 0.5) is 0 Å². The van der Waals surface area contributed by atoms with Crippen molar-refractivity contribution < 1.29 is 0 Å². The van der Waals surface area contributed by atoms with E-state index in [4.69, 9.17) is 0 Å². The van der Waals surface area contributed by atoms with E-state index < -0.39 is 0 Å². The first-order valence-corrected chi connectivity index (χ1v) is 13.9. The number of hydrogen-bond acceptors (Lipinski definition) is 1. The number of nitrogens with zero attached hydrogens (tertiary/aromatic N) is 1. The van der Waals surface area contributed by atoms with Crippen molar-refractivity contribution in [2.45, 2.75) is 40.0 Å². The maximum atomic E-state index is 4.37. The highest BCUT2D eigenvalue weighted by molar-refractivity contribution is 5.93. The molecule has 0 atom stereocenters. The van der Waals surface area contributed by atoms with Crippen LogP contribution in [0.25, 0.3) is 16.3 Å². The van der Waals surface area contributed by atoms with Crippen molar-refractivity contribution in [1.82, 2.24) is 0 Å². The molecule has 0 aromatic heterocycles. The number of allylic oxidation sites excluding steroid dienone is 12. The van der Waals surface area contributed by atoms with Crippen LogP contribution >= 0.6 is 0 Å². The van der Waals surface area contributed by atoms with Crippen molar-refractivity contribution >= 4 is 22.6 Å². The van der Waals surface area contributed by atoms with Gasteiger partial charge < -0.3 is 0 Å². The Morgan fingerprint density at radius 2 is 1.57 bits per heavy atom. The standard InChI is InChI=1S/C39H41N/c1-7-11-19-37(30(5)6)39(36-25-24-34-17-12-13-18-35(34)29-36)38(15-8-2)33(10-4)28-32-22-20-31(21-23-32)16-14-27-40-26-9-3/h7-9,11-15,17-27,29H,1,3,5,10,16,28H2,2,4,6H3/b15-8-,19-11-,27-14-,38-33-,39-37-,40-26?. The molecule has 202 valence electrons. The lowest BCUT2D eigenvalue weighted by Gasteiger charge is -2.20. The first-order valence-electron chi connectivity index (χ1n) is 13.9. The number of fused-ring (bicyclic) bond motifs is 1. The molecule has 1 heteroatoms. The quantitative estimate of drug-likeness (QED) is 0.156. The van der Waals surface area contributed by atoms with Crippen LogP contribution in [0.15, 0.2) is 162 Å². The van der Waals surface area contributed by atoms with Crippen LogP contribution in [-0.2, 0) is 12.8 Å². The Labute approximate surface area is 241 Å². The minimum absolute atomic E-state index is 0.849. The van der Waals surface area contributed by atoms with E-state index >= 15 is 0 Å². The maximum Gasteiger partial charge on any atom is 0.0261 e. The van der Waals surface area contributed by atoms with E-state index in [1.165, 1.54) is 44.2 Å². The van der Waals surface area contributed by atoms with Gasteiger partial charge in [0.25, 0.3) is 0 Å². The zero-order valence-corrected chi connectivity index (χ0v) is 24.2. The SMILES string of the molecule is C=CC=N/C=C\Cc1ccc(C/C(CC)=C(/C=C\C)C(=C(\C=C/C=C)C(=C)C)\c2ccc3ccccc3c2)cc1. The monoisotopic (exact) mass is 523 g/mol. The second-order valence-corrected chi connectivity index (χ2v) is 9.71. The van der Waals surface area contributed by atoms with Crippen LogP contribution < -0.4 is 0 Å². The fourth-order valence-electron chi connectivity index (χ4n) is 4.76. The van der Waals surface area contributed by atoms with E-state index in [-0.39, 0.29) is 0 Å². The summed E-state index contributed by atoms with van der Waals surface area (Å²) in [4.78, 5) is 4.16. The van der Waals surface area contributed by atoms with Crippen molar-refractivity contribution in [3.8, 4) is 0 Å². The molecule has 0 radical (unpaired) electrons. The van der Waals surface area contributed by atoms with Crippen molar-refractivity contribution in [2.24, 2.45) is 4.99 Å². The minimum atomic E-state index is 0.849. The molecular formula is C39H41N. The number of benzene rings is 3. The zero-order valence-electron chi connectivity index (χ0n) is 24.2. The lowest BCUT2D eigenvalue weighted by Crippen LogP contribution is -2.01. The fraction of sp³-hybridized carbons (Fsp3) is 0.154. The second-order valence-electron chi connectivity index (χ2n) is 9.71. The Kier molecular flexibility index (Phi) is 11.9. The summed E-state index contributed by atoms with van der Waals surface area (Å²) in [6.07, 6.45) is 20.3. The van der Waals surface area contributed by atoms with Gasteiger partial charge in [0.1, 0.15) is 0 Å². The smallest absolute Gasteiger partial charge is 0.0261 e. The molecule has 0 saturated heterocycles. The van der Waals surface area contributed by atoms with Gasteiger partial charge in [-0.3, -0.25) is 4.99 Å².